The Kier molecular flexibility index (Phi) is 3.30. The predicted molar refractivity (Wildman–Crippen MR) is 66.8 cm³/mol. The zero-order valence-electron chi connectivity index (χ0n) is 9.62. The molecule has 0 aliphatic heterocycles. The minimum atomic E-state index is -0.0380. The minimum absolute atomic E-state index is 0.0380. The first kappa shape index (κ1) is 11.5. The SMILES string of the molecule is C=c1cccc/c1=C(/N=C\N)C(C)(C)C. The quantitative estimate of drug-likeness (QED) is 0.540. The van der Waals surface area contributed by atoms with E-state index in [1.54, 1.807) is 0 Å². The third kappa shape index (κ3) is 2.69. The molecule has 0 bridgehead atoms. The molecule has 15 heavy (non-hydrogen) atoms. The molecule has 0 heterocycles. The first-order valence-corrected chi connectivity index (χ1v) is 5.00. The molecule has 0 unspecified atom stereocenters. The molecule has 1 aromatic carbocycles. The summed E-state index contributed by atoms with van der Waals surface area (Å²) in [5.41, 5.74) is 6.31. The summed E-state index contributed by atoms with van der Waals surface area (Å²) in [6, 6.07) is 7.96. The normalized spacial score (nSPS) is 14.3. The van der Waals surface area contributed by atoms with Crippen LogP contribution in [0, 0.1) is 5.41 Å². The predicted octanol–water partition coefficient (Wildman–Crippen LogP) is 1.24. The van der Waals surface area contributed by atoms with Crippen molar-refractivity contribution >= 4 is 18.6 Å². The van der Waals surface area contributed by atoms with Crippen LogP contribution in [0.3, 0.4) is 0 Å². The molecule has 0 amide bonds. The maximum atomic E-state index is 5.38. The van der Waals surface area contributed by atoms with E-state index in [2.05, 4.69) is 32.3 Å². The molecule has 1 rings (SSSR count). The van der Waals surface area contributed by atoms with E-state index in [9.17, 15) is 0 Å². The molecule has 0 atom stereocenters. The molecular weight excluding hydrogens is 184 g/mol. The van der Waals surface area contributed by atoms with Crippen LogP contribution >= 0.6 is 0 Å². The standard InChI is InChI=1S/C13H18N2/c1-10-7-5-6-8-11(10)12(15-9-14)13(2,3)4/h5-9H,1H2,2-4H3,(H2,14,15)/b12-11-. The molecule has 2 nitrogen and oxygen atoms in total. The Morgan fingerprint density at radius 1 is 1.33 bits per heavy atom. The maximum absolute atomic E-state index is 5.38. The van der Waals surface area contributed by atoms with Crippen molar-refractivity contribution in [3.05, 3.63) is 34.7 Å². The van der Waals surface area contributed by atoms with Gasteiger partial charge in [0, 0.05) is 10.6 Å². The van der Waals surface area contributed by atoms with Gasteiger partial charge in [-0.15, -0.1) is 0 Å². The summed E-state index contributed by atoms with van der Waals surface area (Å²) in [6.45, 7) is 10.3. The summed E-state index contributed by atoms with van der Waals surface area (Å²) in [6.07, 6.45) is 1.34. The van der Waals surface area contributed by atoms with Gasteiger partial charge in [0.2, 0.25) is 0 Å². The fraction of sp³-hybridized carbons (Fsp3) is 0.308. The van der Waals surface area contributed by atoms with Crippen molar-refractivity contribution in [2.24, 2.45) is 16.1 Å². The second-order valence-corrected chi connectivity index (χ2v) is 4.53. The fourth-order valence-electron chi connectivity index (χ4n) is 1.49. The Bertz CT molecular complexity index is 464. The van der Waals surface area contributed by atoms with Crippen molar-refractivity contribution in [2.75, 3.05) is 0 Å². The lowest BCUT2D eigenvalue weighted by Gasteiger charge is -2.19. The monoisotopic (exact) mass is 202 g/mol. The van der Waals surface area contributed by atoms with Crippen LogP contribution in [-0.2, 0) is 0 Å². The topological polar surface area (TPSA) is 38.4 Å². The lowest BCUT2D eigenvalue weighted by molar-refractivity contribution is 0.554. The second-order valence-electron chi connectivity index (χ2n) is 4.53. The van der Waals surface area contributed by atoms with Gasteiger partial charge in [0.1, 0.15) is 0 Å². The Labute approximate surface area is 90.8 Å². The number of nitrogens with zero attached hydrogens (tertiary/aromatic N) is 1. The average Bonchev–Trinajstić information content (AvgIpc) is 2.14. The average molecular weight is 202 g/mol. The lowest BCUT2D eigenvalue weighted by Crippen LogP contribution is -2.29. The Balaban J connectivity index is 3.63. The molecule has 0 aromatic heterocycles. The summed E-state index contributed by atoms with van der Waals surface area (Å²) in [5.74, 6) is 0. The van der Waals surface area contributed by atoms with Gasteiger partial charge in [-0.1, -0.05) is 51.6 Å². The van der Waals surface area contributed by atoms with E-state index < -0.39 is 0 Å². The third-order valence-corrected chi connectivity index (χ3v) is 2.19. The lowest BCUT2D eigenvalue weighted by atomic mass is 9.90. The molecule has 1 aromatic rings. The summed E-state index contributed by atoms with van der Waals surface area (Å²) < 4.78 is 0. The number of benzene rings is 1. The fourth-order valence-corrected chi connectivity index (χ4v) is 1.49. The highest BCUT2D eigenvalue weighted by atomic mass is 14.8. The van der Waals surface area contributed by atoms with Gasteiger partial charge >= 0.3 is 0 Å². The molecule has 0 spiro atoms. The summed E-state index contributed by atoms with van der Waals surface area (Å²) in [7, 11) is 0. The van der Waals surface area contributed by atoms with Gasteiger partial charge in [-0.25, -0.2) is 4.99 Å². The van der Waals surface area contributed by atoms with Crippen molar-refractivity contribution in [1.82, 2.24) is 0 Å². The van der Waals surface area contributed by atoms with E-state index in [1.165, 1.54) is 6.34 Å². The Morgan fingerprint density at radius 3 is 2.40 bits per heavy atom. The summed E-state index contributed by atoms with van der Waals surface area (Å²) in [5, 5.41) is 2.04. The van der Waals surface area contributed by atoms with E-state index in [0.717, 1.165) is 16.1 Å². The Morgan fingerprint density at radius 2 is 1.93 bits per heavy atom. The molecule has 0 fully saturated rings. The smallest absolute Gasteiger partial charge is 0.0856 e. The molecule has 0 radical (unpaired) electrons. The number of aliphatic imine (C=N–C) groups is 1. The van der Waals surface area contributed by atoms with Gasteiger partial charge in [-0.2, -0.15) is 0 Å². The van der Waals surface area contributed by atoms with E-state index in [1.807, 2.05) is 24.3 Å². The van der Waals surface area contributed by atoms with Crippen LogP contribution in [0.15, 0.2) is 29.3 Å². The van der Waals surface area contributed by atoms with Crippen LogP contribution in [0.2, 0.25) is 0 Å². The first-order chi connectivity index (χ1) is 6.96. The van der Waals surface area contributed by atoms with Gasteiger partial charge in [0.15, 0.2) is 0 Å². The highest BCUT2D eigenvalue weighted by molar-refractivity contribution is 5.64. The van der Waals surface area contributed by atoms with Gasteiger partial charge in [-0.3, -0.25) is 0 Å². The Hall–Kier alpha value is -1.57. The summed E-state index contributed by atoms with van der Waals surface area (Å²) >= 11 is 0. The van der Waals surface area contributed by atoms with Crippen molar-refractivity contribution in [3.8, 4) is 0 Å². The number of rotatable bonds is 1. The van der Waals surface area contributed by atoms with Crippen LogP contribution in [0.1, 0.15) is 20.8 Å². The summed E-state index contributed by atoms with van der Waals surface area (Å²) in [4.78, 5) is 4.26. The van der Waals surface area contributed by atoms with Crippen molar-refractivity contribution in [2.45, 2.75) is 20.8 Å². The van der Waals surface area contributed by atoms with Crippen LogP contribution in [0.25, 0.3) is 12.3 Å². The largest absolute Gasteiger partial charge is 0.390 e. The highest BCUT2D eigenvalue weighted by Crippen LogP contribution is 2.25. The molecule has 0 aliphatic rings. The van der Waals surface area contributed by atoms with E-state index in [4.69, 9.17) is 5.73 Å². The van der Waals surface area contributed by atoms with Crippen molar-refractivity contribution in [1.29, 1.82) is 0 Å². The van der Waals surface area contributed by atoms with E-state index >= 15 is 0 Å². The molecule has 0 saturated heterocycles. The minimum Gasteiger partial charge on any atom is -0.390 e. The van der Waals surface area contributed by atoms with E-state index in [0.29, 0.717) is 0 Å². The number of nitrogens with two attached hydrogens (primary N) is 1. The molecule has 2 N–H and O–H groups in total. The molecular formula is C13H18N2. The zero-order valence-corrected chi connectivity index (χ0v) is 9.62. The first-order valence-electron chi connectivity index (χ1n) is 5.00. The highest BCUT2D eigenvalue weighted by Gasteiger charge is 2.16. The molecule has 80 valence electrons. The molecule has 2 heteroatoms. The van der Waals surface area contributed by atoms with Crippen LogP contribution in [-0.4, -0.2) is 6.34 Å². The maximum Gasteiger partial charge on any atom is 0.0856 e. The second kappa shape index (κ2) is 4.30. The van der Waals surface area contributed by atoms with Gasteiger partial charge in [0.05, 0.1) is 12.0 Å². The van der Waals surface area contributed by atoms with Crippen LogP contribution in [0.4, 0.5) is 0 Å². The van der Waals surface area contributed by atoms with Gasteiger partial charge in [0.25, 0.3) is 0 Å². The molecule has 0 saturated carbocycles. The van der Waals surface area contributed by atoms with Crippen LogP contribution < -0.4 is 16.2 Å². The third-order valence-electron chi connectivity index (χ3n) is 2.19. The molecule has 0 aliphatic carbocycles. The van der Waals surface area contributed by atoms with Crippen LogP contribution in [0.5, 0.6) is 0 Å². The van der Waals surface area contributed by atoms with E-state index in [-0.39, 0.29) is 5.41 Å². The van der Waals surface area contributed by atoms with Gasteiger partial charge in [-0.05, 0) is 5.22 Å². The van der Waals surface area contributed by atoms with Crippen molar-refractivity contribution < 1.29 is 0 Å². The number of hydrogen-bond acceptors (Lipinski definition) is 1. The van der Waals surface area contributed by atoms with Gasteiger partial charge < -0.3 is 5.73 Å². The van der Waals surface area contributed by atoms with Crippen molar-refractivity contribution in [3.63, 3.8) is 0 Å². The number of hydrogen-bond donors (Lipinski definition) is 1. The zero-order chi connectivity index (χ0) is 11.5.